The average Bonchev–Trinajstić information content (AvgIpc) is 2.87. The van der Waals surface area contributed by atoms with Crippen molar-refractivity contribution in [2.24, 2.45) is 5.92 Å². The van der Waals surface area contributed by atoms with E-state index >= 15 is 0 Å². The highest BCUT2D eigenvalue weighted by molar-refractivity contribution is 6.21. The van der Waals surface area contributed by atoms with E-state index in [1.807, 2.05) is 38.1 Å². The molecule has 0 saturated heterocycles. The Morgan fingerprint density at radius 2 is 1.40 bits per heavy atom. The molecule has 1 atom stereocenters. The van der Waals surface area contributed by atoms with Gasteiger partial charge >= 0.3 is 0 Å². The number of carbonyl (C=O) groups is 2. The van der Waals surface area contributed by atoms with Crippen molar-refractivity contribution in [3.05, 3.63) is 71.5 Å². The number of carbonyl (C=O) groups excluding carboxylic acids is 2. The highest BCUT2D eigenvalue weighted by atomic mass is 16.2. The molecular formula is C20H17N3O2. The average molecular weight is 331 g/mol. The summed E-state index contributed by atoms with van der Waals surface area (Å²) in [5.41, 5.74) is 3.07. The third-order valence-corrected chi connectivity index (χ3v) is 4.51. The van der Waals surface area contributed by atoms with Gasteiger partial charge < -0.3 is 0 Å². The van der Waals surface area contributed by atoms with E-state index in [9.17, 15) is 9.59 Å². The fourth-order valence-corrected chi connectivity index (χ4v) is 3.35. The maximum atomic E-state index is 12.8. The van der Waals surface area contributed by atoms with Crippen molar-refractivity contribution in [1.82, 2.24) is 14.9 Å². The van der Waals surface area contributed by atoms with Gasteiger partial charge in [0.1, 0.15) is 0 Å². The van der Waals surface area contributed by atoms with Crippen LogP contribution < -0.4 is 0 Å². The number of amides is 2. The zero-order valence-electron chi connectivity index (χ0n) is 14.0. The molecule has 0 saturated carbocycles. The lowest BCUT2D eigenvalue weighted by atomic mass is 9.99. The van der Waals surface area contributed by atoms with Crippen LogP contribution in [0.25, 0.3) is 11.0 Å². The molecule has 4 rings (SSSR count). The second kappa shape index (κ2) is 5.77. The van der Waals surface area contributed by atoms with Crippen LogP contribution >= 0.6 is 0 Å². The zero-order valence-corrected chi connectivity index (χ0v) is 14.0. The first-order valence-electron chi connectivity index (χ1n) is 8.26. The van der Waals surface area contributed by atoms with Crippen molar-refractivity contribution in [1.29, 1.82) is 0 Å². The largest absolute Gasteiger partial charge is 0.269 e. The number of hydrogen-bond acceptors (Lipinski definition) is 4. The Morgan fingerprint density at radius 1 is 0.840 bits per heavy atom. The third-order valence-electron chi connectivity index (χ3n) is 4.51. The molecule has 1 aliphatic heterocycles. The van der Waals surface area contributed by atoms with Crippen LogP contribution in [-0.2, 0) is 0 Å². The van der Waals surface area contributed by atoms with Gasteiger partial charge in [-0.25, -0.2) is 4.98 Å². The number of para-hydroxylation sites is 2. The van der Waals surface area contributed by atoms with Gasteiger partial charge in [0.2, 0.25) is 0 Å². The fourth-order valence-electron chi connectivity index (χ4n) is 3.35. The van der Waals surface area contributed by atoms with Crippen LogP contribution in [0.2, 0.25) is 0 Å². The molecule has 124 valence electrons. The molecule has 0 spiro atoms. The monoisotopic (exact) mass is 331 g/mol. The van der Waals surface area contributed by atoms with Crippen molar-refractivity contribution < 1.29 is 9.59 Å². The van der Waals surface area contributed by atoms with E-state index in [0.717, 1.165) is 11.0 Å². The highest BCUT2D eigenvalue weighted by Gasteiger charge is 2.42. The van der Waals surface area contributed by atoms with E-state index in [-0.39, 0.29) is 17.7 Å². The molecule has 2 amide bonds. The Labute approximate surface area is 145 Å². The van der Waals surface area contributed by atoms with Crippen LogP contribution in [-0.4, -0.2) is 26.7 Å². The number of hydrogen-bond donors (Lipinski definition) is 0. The molecule has 2 heterocycles. The van der Waals surface area contributed by atoms with Crippen LogP contribution in [0.3, 0.4) is 0 Å². The lowest BCUT2D eigenvalue weighted by molar-refractivity contribution is 0.0534. The topological polar surface area (TPSA) is 63.2 Å². The summed E-state index contributed by atoms with van der Waals surface area (Å²) >= 11 is 0. The Balaban J connectivity index is 1.82. The molecule has 0 fully saturated rings. The second-order valence-electron chi connectivity index (χ2n) is 6.50. The van der Waals surface area contributed by atoms with Crippen LogP contribution in [0, 0.1) is 5.92 Å². The molecule has 25 heavy (non-hydrogen) atoms. The van der Waals surface area contributed by atoms with E-state index in [1.165, 1.54) is 4.90 Å². The molecule has 5 nitrogen and oxygen atoms in total. The number of benzene rings is 2. The van der Waals surface area contributed by atoms with E-state index < -0.39 is 6.04 Å². The summed E-state index contributed by atoms with van der Waals surface area (Å²) < 4.78 is 0. The summed E-state index contributed by atoms with van der Waals surface area (Å²) in [4.78, 5) is 36.1. The van der Waals surface area contributed by atoms with E-state index in [1.54, 1.807) is 30.5 Å². The van der Waals surface area contributed by atoms with Crippen molar-refractivity contribution in [2.45, 2.75) is 19.9 Å². The van der Waals surface area contributed by atoms with Gasteiger partial charge in [-0.2, -0.15) is 0 Å². The van der Waals surface area contributed by atoms with Crippen molar-refractivity contribution in [2.75, 3.05) is 0 Å². The van der Waals surface area contributed by atoms with Gasteiger partial charge in [-0.15, -0.1) is 0 Å². The highest BCUT2D eigenvalue weighted by Crippen LogP contribution is 2.35. The lowest BCUT2D eigenvalue weighted by Crippen LogP contribution is -2.37. The van der Waals surface area contributed by atoms with E-state index in [0.29, 0.717) is 16.8 Å². The Hall–Kier alpha value is -3.08. The molecule has 0 bridgehead atoms. The Morgan fingerprint density at radius 3 is 2.00 bits per heavy atom. The first kappa shape index (κ1) is 15.4. The minimum absolute atomic E-state index is 0.0117. The summed E-state index contributed by atoms with van der Waals surface area (Å²) in [5.74, 6) is -0.527. The molecule has 0 unspecified atom stereocenters. The van der Waals surface area contributed by atoms with Crippen molar-refractivity contribution in [3.63, 3.8) is 0 Å². The molecule has 0 radical (unpaired) electrons. The standard InChI is InChI=1S/C20H17N3O2/c1-12(2)18(17-11-21-15-9-5-6-10-16(15)22-17)23-19(24)13-7-3-4-8-14(13)20(23)25/h3-12,18H,1-2H3/t18-/m0/s1. The molecule has 1 aromatic heterocycles. The predicted molar refractivity (Wildman–Crippen MR) is 94.1 cm³/mol. The van der Waals surface area contributed by atoms with E-state index in [4.69, 9.17) is 0 Å². The second-order valence-corrected chi connectivity index (χ2v) is 6.50. The minimum atomic E-state index is -0.454. The summed E-state index contributed by atoms with van der Waals surface area (Å²) in [7, 11) is 0. The maximum absolute atomic E-state index is 12.8. The van der Waals surface area contributed by atoms with Crippen LogP contribution in [0.15, 0.2) is 54.7 Å². The van der Waals surface area contributed by atoms with Gasteiger partial charge in [-0.1, -0.05) is 38.1 Å². The third kappa shape index (κ3) is 2.39. The normalized spacial score (nSPS) is 15.1. The maximum Gasteiger partial charge on any atom is 0.262 e. The summed E-state index contributed by atoms with van der Waals surface area (Å²) in [6.07, 6.45) is 1.66. The number of fused-ring (bicyclic) bond motifs is 2. The van der Waals surface area contributed by atoms with Gasteiger partial charge in [0.25, 0.3) is 11.8 Å². The Bertz CT molecular complexity index is 962. The quantitative estimate of drug-likeness (QED) is 0.688. The van der Waals surface area contributed by atoms with Gasteiger partial charge in [0.05, 0.1) is 40.1 Å². The number of imide groups is 1. The SMILES string of the molecule is CC(C)[C@@H](c1cnc2ccccc2n1)N1C(=O)c2ccccc2C1=O. The fraction of sp³-hybridized carbons (Fsp3) is 0.200. The number of rotatable bonds is 3. The smallest absolute Gasteiger partial charge is 0.262 e. The van der Waals surface area contributed by atoms with Crippen molar-refractivity contribution >= 4 is 22.8 Å². The first-order valence-corrected chi connectivity index (χ1v) is 8.26. The molecule has 5 heteroatoms. The summed E-state index contributed by atoms with van der Waals surface area (Å²) in [6, 6.07) is 14.0. The molecule has 0 aliphatic carbocycles. The van der Waals surface area contributed by atoms with Crippen molar-refractivity contribution in [3.8, 4) is 0 Å². The van der Waals surface area contributed by atoms with Gasteiger partial charge in [-0.3, -0.25) is 19.5 Å². The molecule has 2 aromatic carbocycles. The van der Waals surface area contributed by atoms with Gasteiger partial charge in [0, 0.05) is 0 Å². The minimum Gasteiger partial charge on any atom is -0.269 e. The van der Waals surface area contributed by atoms with Gasteiger partial charge in [0.15, 0.2) is 0 Å². The molecular weight excluding hydrogens is 314 g/mol. The van der Waals surface area contributed by atoms with Crippen LogP contribution in [0.1, 0.15) is 46.3 Å². The zero-order chi connectivity index (χ0) is 17.6. The van der Waals surface area contributed by atoms with E-state index in [2.05, 4.69) is 9.97 Å². The lowest BCUT2D eigenvalue weighted by Gasteiger charge is -2.28. The summed E-state index contributed by atoms with van der Waals surface area (Å²) in [6.45, 7) is 3.95. The summed E-state index contributed by atoms with van der Waals surface area (Å²) in [5, 5.41) is 0. The molecule has 0 N–H and O–H groups in total. The number of nitrogens with zero attached hydrogens (tertiary/aromatic N) is 3. The Kier molecular flexibility index (Phi) is 3.57. The van der Waals surface area contributed by atoms with Crippen LogP contribution in [0.4, 0.5) is 0 Å². The van der Waals surface area contributed by atoms with Crippen LogP contribution in [0.5, 0.6) is 0 Å². The first-order chi connectivity index (χ1) is 12.1. The number of aromatic nitrogens is 2. The van der Waals surface area contributed by atoms with Gasteiger partial charge in [-0.05, 0) is 30.2 Å². The molecule has 3 aromatic rings. The molecule has 1 aliphatic rings. The predicted octanol–water partition coefficient (Wildman–Crippen LogP) is 3.62.